The van der Waals surface area contributed by atoms with Gasteiger partial charge in [0.15, 0.2) is 17.5 Å². The molecule has 0 unspecified atom stereocenters. The van der Waals surface area contributed by atoms with Gasteiger partial charge in [-0.1, -0.05) is 169 Å². The third kappa shape index (κ3) is 4.83. The van der Waals surface area contributed by atoms with Crippen LogP contribution in [0, 0.1) is 11.3 Å². The second kappa shape index (κ2) is 12.7. The van der Waals surface area contributed by atoms with E-state index in [1.165, 1.54) is 37.6 Å². The van der Waals surface area contributed by atoms with Crippen LogP contribution in [0.5, 0.6) is 0 Å². The first kappa shape index (κ1) is 32.3. The van der Waals surface area contributed by atoms with E-state index in [1.807, 2.05) is 78.5 Å². The molecule has 2 aliphatic rings. The van der Waals surface area contributed by atoms with E-state index in [9.17, 15) is 5.26 Å². The average molecular weight is 731 g/mol. The largest absolute Gasteiger partial charge is 0.208 e. The van der Waals surface area contributed by atoms with Crippen molar-refractivity contribution in [3.63, 3.8) is 0 Å². The number of nitrogens with zero attached hydrogens (tertiary/aromatic N) is 4. The predicted octanol–water partition coefficient (Wildman–Crippen LogP) is 12.4. The standard InChI is InChI=1S/C51H30N4S/c52-31-37-30-44-47(39-18-8-7-17-38(37)39)40-28-27-36(29-43(40)51(44)41-19-9-11-21-45(41)56-46-22-12-10-20-42(46)51)32-23-25-35(26-24-32)50-54-48(33-13-3-1-4-14-33)53-49(55-50)34-15-5-2-6-16-34/h1-30H. The summed E-state index contributed by atoms with van der Waals surface area (Å²) < 4.78 is 0. The van der Waals surface area contributed by atoms with Crippen molar-refractivity contribution >= 4 is 22.5 Å². The fourth-order valence-electron chi connectivity index (χ4n) is 8.78. The lowest BCUT2D eigenvalue weighted by Gasteiger charge is -2.39. The Morgan fingerprint density at radius 1 is 0.411 bits per heavy atom. The van der Waals surface area contributed by atoms with Crippen molar-refractivity contribution in [3.05, 3.63) is 210 Å². The first-order valence-electron chi connectivity index (χ1n) is 18.7. The van der Waals surface area contributed by atoms with E-state index >= 15 is 0 Å². The zero-order chi connectivity index (χ0) is 37.2. The molecule has 5 heteroatoms. The van der Waals surface area contributed by atoms with Gasteiger partial charge in [0.2, 0.25) is 0 Å². The van der Waals surface area contributed by atoms with E-state index in [4.69, 9.17) is 15.0 Å². The number of benzene rings is 8. The molecule has 0 radical (unpaired) electrons. The highest BCUT2D eigenvalue weighted by molar-refractivity contribution is 7.99. The molecular weight excluding hydrogens is 701 g/mol. The molecule has 9 aromatic rings. The lowest BCUT2D eigenvalue weighted by molar-refractivity contribution is 0.723. The van der Waals surface area contributed by atoms with Crippen molar-refractivity contribution in [2.75, 3.05) is 0 Å². The van der Waals surface area contributed by atoms with Crippen LogP contribution >= 0.6 is 11.8 Å². The monoisotopic (exact) mass is 730 g/mol. The van der Waals surface area contributed by atoms with E-state index in [0.29, 0.717) is 23.0 Å². The number of hydrogen-bond donors (Lipinski definition) is 0. The molecule has 0 bridgehead atoms. The van der Waals surface area contributed by atoms with Gasteiger partial charge in [-0.25, -0.2) is 15.0 Å². The van der Waals surface area contributed by atoms with Crippen LogP contribution in [0.3, 0.4) is 0 Å². The van der Waals surface area contributed by atoms with E-state index in [1.54, 1.807) is 0 Å². The van der Waals surface area contributed by atoms with Crippen LogP contribution in [0.2, 0.25) is 0 Å². The number of fused-ring (bicyclic) bond motifs is 11. The van der Waals surface area contributed by atoms with Crippen molar-refractivity contribution in [2.45, 2.75) is 15.2 Å². The molecule has 0 fully saturated rings. The molecule has 0 saturated heterocycles. The molecule has 1 spiro atoms. The molecule has 1 aliphatic carbocycles. The van der Waals surface area contributed by atoms with Gasteiger partial charge in [0.05, 0.1) is 17.0 Å². The van der Waals surface area contributed by atoms with Gasteiger partial charge in [-0.05, 0) is 74.2 Å². The Morgan fingerprint density at radius 2 is 0.893 bits per heavy atom. The number of rotatable bonds is 4. The maximum atomic E-state index is 10.5. The van der Waals surface area contributed by atoms with Gasteiger partial charge in [0.25, 0.3) is 0 Å². The Balaban J connectivity index is 1.10. The summed E-state index contributed by atoms with van der Waals surface area (Å²) in [6, 6.07) is 66.3. The molecule has 8 aromatic carbocycles. The molecule has 260 valence electrons. The van der Waals surface area contributed by atoms with Crippen LogP contribution in [-0.4, -0.2) is 15.0 Å². The van der Waals surface area contributed by atoms with Crippen molar-refractivity contribution in [2.24, 2.45) is 0 Å². The van der Waals surface area contributed by atoms with Crippen LogP contribution in [0.1, 0.15) is 27.8 Å². The third-order valence-electron chi connectivity index (χ3n) is 11.2. The minimum absolute atomic E-state index is 0.610. The molecule has 0 N–H and O–H groups in total. The van der Waals surface area contributed by atoms with Crippen LogP contribution in [-0.2, 0) is 5.41 Å². The third-order valence-corrected chi connectivity index (χ3v) is 12.4. The van der Waals surface area contributed by atoms with E-state index < -0.39 is 5.41 Å². The van der Waals surface area contributed by atoms with Gasteiger partial charge in [0.1, 0.15) is 0 Å². The van der Waals surface area contributed by atoms with Crippen molar-refractivity contribution < 1.29 is 0 Å². The zero-order valence-corrected chi connectivity index (χ0v) is 30.8. The van der Waals surface area contributed by atoms with Gasteiger partial charge in [-0.3, -0.25) is 0 Å². The van der Waals surface area contributed by atoms with Crippen LogP contribution < -0.4 is 0 Å². The summed E-state index contributed by atoms with van der Waals surface area (Å²) in [6.07, 6.45) is 0. The second-order valence-corrected chi connectivity index (χ2v) is 15.3. The first-order valence-corrected chi connectivity index (χ1v) is 19.5. The Kier molecular flexibility index (Phi) is 7.35. The van der Waals surface area contributed by atoms with Crippen molar-refractivity contribution in [1.82, 2.24) is 15.0 Å². The maximum Gasteiger partial charge on any atom is 0.164 e. The quantitative estimate of drug-likeness (QED) is 0.180. The van der Waals surface area contributed by atoms with Gasteiger partial charge in [-0.15, -0.1) is 0 Å². The normalized spacial score (nSPS) is 13.1. The van der Waals surface area contributed by atoms with E-state index in [2.05, 4.69) is 121 Å². The van der Waals surface area contributed by atoms with Gasteiger partial charge < -0.3 is 0 Å². The van der Waals surface area contributed by atoms with Crippen LogP contribution in [0.4, 0.5) is 0 Å². The lowest BCUT2D eigenvalue weighted by Crippen LogP contribution is -2.32. The molecule has 0 saturated carbocycles. The number of nitriles is 1. The minimum Gasteiger partial charge on any atom is -0.208 e. The fraction of sp³-hybridized carbons (Fsp3) is 0.0196. The molecule has 2 heterocycles. The van der Waals surface area contributed by atoms with Gasteiger partial charge in [-0.2, -0.15) is 5.26 Å². The topological polar surface area (TPSA) is 62.5 Å². The summed E-state index contributed by atoms with van der Waals surface area (Å²) in [4.78, 5) is 17.3. The summed E-state index contributed by atoms with van der Waals surface area (Å²) >= 11 is 1.82. The van der Waals surface area contributed by atoms with Crippen LogP contribution in [0.25, 0.3) is 67.2 Å². The van der Waals surface area contributed by atoms with Gasteiger partial charge in [0, 0.05) is 31.9 Å². The lowest BCUT2D eigenvalue weighted by atomic mass is 9.66. The molecule has 1 aliphatic heterocycles. The summed E-state index contributed by atoms with van der Waals surface area (Å²) in [5.41, 5.74) is 12.4. The Hall–Kier alpha value is -7.13. The molecule has 4 nitrogen and oxygen atoms in total. The molecule has 56 heavy (non-hydrogen) atoms. The SMILES string of the molecule is N#Cc1cc2c(c3ccccc13)-c1ccc(-c3ccc(-c4nc(-c5ccccc5)nc(-c5ccccc5)n4)cc3)cc1C21c2ccccc2Sc2ccccc21. The highest BCUT2D eigenvalue weighted by Gasteiger charge is 2.51. The van der Waals surface area contributed by atoms with E-state index in [0.717, 1.165) is 44.2 Å². The summed E-state index contributed by atoms with van der Waals surface area (Å²) in [6.45, 7) is 0. The van der Waals surface area contributed by atoms with Gasteiger partial charge >= 0.3 is 0 Å². The Labute approximate surface area is 328 Å². The smallest absolute Gasteiger partial charge is 0.164 e. The zero-order valence-electron chi connectivity index (χ0n) is 30.0. The fourth-order valence-corrected chi connectivity index (χ4v) is 9.97. The highest BCUT2D eigenvalue weighted by Crippen LogP contribution is 2.63. The molecule has 0 atom stereocenters. The van der Waals surface area contributed by atoms with E-state index in [-0.39, 0.29) is 0 Å². The van der Waals surface area contributed by atoms with Crippen LogP contribution in [0.15, 0.2) is 192 Å². The predicted molar refractivity (Wildman–Crippen MR) is 225 cm³/mol. The first-order chi connectivity index (χ1) is 27.7. The van der Waals surface area contributed by atoms with Crippen molar-refractivity contribution in [1.29, 1.82) is 5.26 Å². The minimum atomic E-state index is -0.610. The molecule has 1 aromatic heterocycles. The summed E-state index contributed by atoms with van der Waals surface area (Å²) in [5, 5.41) is 12.6. The maximum absolute atomic E-state index is 10.5. The average Bonchev–Trinajstić information content (AvgIpc) is 3.56. The Bertz CT molecular complexity index is 2960. The Morgan fingerprint density at radius 3 is 1.48 bits per heavy atom. The highest BCUT2D eigenvalue weighted by atomic mass is 32.2. The second-order valence-electron chi connectivity index (χ2n) is 14.2. The number of hydrogen-bond acceptors (Lipinski definition) is 5. The summed E-state index contributed by atoms with van der Waals surface area (Å²) in [7, 11) is 0. The molecule has 11 rings (SSSR count). The summed E-state index contributed by atoms with van der Waals surface area (Å²) in [5.74, 6) is 1.90. The molecular formula is C51H30N4S. The number of aromatic nitrogens is 3. The molecule has 0 amide bonds. The van der Waals surface area contributed by atoms with Crippen molar-refractivity contribution in [3.8, 4) is 62.5 Å².